The quantitative estimate of drug-likeness (QED) is 0.851. The molecule has 2 rings (SSSR count). The Bertz CT molecular complexity index is 693. The molecule has 100 valence electrons. The summed E-state index contributed by atoms with van der Waals surface area (Å²) in [6.07, 6.45) is 0. The number of hydrogen-bond donors (Lipinski definition) is 1. The molecule has 4 heteroatoms. The number of hydrogen-bond acceptors (Lipinski definition) is 2. The van der Waals surface area contributed by atoms with Crippen molar-refractivity contribution in [2.24, 2.45) is 7.05 Å². The first-order valence-electron chi connectivity index (χ1n) is 6.21. The minimum Gasteiger partial charge on any atom is -0.347 e. The zero-order chi connectivity index (χ0) is 14.2. The fourth-order valence-electron chi connectivity index (χ4n) is 2.01. The van der Waals surface area contributed by atoms with Gasteiger partial charge in [-0.1, -0.05) is 18.2 Å². The largest absolute Gasteiger partial charge is 0.347 e. The zero-order valence-corrected chi connectivity index (χ0v) is 11.7. The van der Waals surface area contributed by atoms with Crippen LogP contribution in [0.5, 0.6) is 0 Å². The van der Waals surface area contributed by atoms with E-state index >= 15 is 0 Å². The van der Waals surface area contributed by atoms with Crippen molar-refractivity contribution in [1.82, 2.24) is 9.88 Å². The first-order valence-corrected chi connectivity index (χ1v) is 6.21. The molecule has 0 saturated carbocycles. The highest BCUT2D eigenvalue weighted by atomic mass is 16.2. The Morgan fingerprint density at radius 2 is 1.84 bits per heavy atom. The standard InChI is InChI=1S/C15H18N2O2/c1-15(2,3)16-14(19)11-9-13(18)17(4)12-8-6-5-7-10(11)12/h5-9H,1-4H3,(H,16,19). The summed E-state index contributed by atoms with van der Waals surface area (Å²) in [5, 5.41) is 3.67. The van der Waals surface area contributed by atoms with Gasteiger partial charge in [0.1, 0.15) is 0 Å². The number of nitrogens with one attached hydrogen (secondary N) is 1. The Labute approximate surface area is 112 Å². The average molecular weight is 258 g/mol. The van der Waals surface area contributed by atoms with E-state index < -0.39 is 0 Å². The highest BCUT2D eigenvalue weighted by Gasteiger charge is 2.18. The van der Waals surface area contributed by atoms with E-state index in [4.69, 9.17) is 0 Å². The number of benzene rings is 1. The van der Waals surface area contributed by atoms with Crippen LogP contribution in [-0.4, -0.2) is 16.0 Å². The van der Waals surface area contributed by atoms with Gasteiger partial charge in [-0.2, -0.15) is 0 Å². The number of pyridine rings is 1. The van der Waals surface area contributed by atoms with Gasteiger partial charge in [-0.3, -0.25) is 9.59 Å². The Morgan fingerprint density at radius 1 is 1.21 bits per heavy atom. The molecule has 0 atom stereocenters. The first-order chi connectivity index (χ1) is 8.79. The maximum atomic E-state index is 12.3. The van der Waals surface area contributed by atoms with Crippen LogP contribution in [0.4, 0.5) is 0 Å². The molecule has 0 spiro atoms. The molecule has 1 aromatic carbocycles. The Kier molecular flexibility index (Phi) is 3.18. The summed E-state index contributed by atoms with van der Waals surface area (Å²) in [4.78, 5) is 24.2. The topological polar surface area (TPSA) is 51.1 Å². The van der Waals surface area contributed by atoms with Gasteiger partial charge < -0.3 is 9.88 Å². The lowest BCUT2D eigenvalue weighted by atomic mass is 10.0. The lowest BCUT2D eigenvalue weighted by Gasteiger charge is -2.21. The number of nitrogens with zero attached hydrogens (tertiary/aromatic N) is 1. The summed E-state index contributed by atoms with van der Waals surface area (Å²) in [7, 11) is 1.70. The second-order valence-corrected chi connectivity index (χ2v) is 5.68. The molecule has 4 nitrogen and oxygen atoms in total. The van der Waals surface area contributed by atoms with E-state index in [1.165, 1.54) is 6.07 Å². The molecule has 1 amide bonds. The van der Waals surface area contributed by atoms with Gasteiger partial charge in [0, 0.05) is 24.0 Å². The van der Waals surface area contributed by atoms with E-state index in [1.807, 2.05) is 45.0 Å². The molecule has 0 aliphatic carbocycles. The predicted octanol–water partition coefficient (Wildman–Crippen LogP) is 2.07. The predicted molar refractivity (Wildman–Crippen MR) is 76.4 cm³/mol. The molecule has 19 heavy (non-hydrogen) atoms. The molecule has 0 aliphatic rings. The van der Waals surface area contributed by atoms with Crippen LogP contribution in [0.25, 0.3) is 10.9 Å². The number of carbonyl (C=O) groups excluding carboxylic acids is 1. The van der Waals surface area contributed by atoms with Crippen molar-refractivity contribution in [3.8, 4) is 0 Å². The van der Waals surface area contributed by atoms with Gasteiger partial charge >= 0.3 is 0 Å². The molecule has 0 aliphatic heterocycles. The summed E-state index contributed by atoms with van der Waals surface area (Å²) < 4.78 is 1.54. The van der Waals surface area contributed by atoms with Crippen molar-refractivity contribution >= 4 is 16.8 Å². The van der Waals surface area contributed by atoms with Crippen LogP contribution in [0.3, 0.4) is 0 Å². The van der Waals surface area contributed by atoms with Crippen molar-refractivity contribution in [2.45, 2.75) is 26.3 Å². The first kappa shape index (κ1) is 13.3. The second kappa shape index (κ2) is 4.53. The molecule has 0 saturated heterocycles. The second-order valence-electron chi connectivity index (χ2n) is 5.68. The summed E-state index contributed by atoms with van der Waals surface area (Å²) >= 11 is 0. The van der Waals surface area contributed by atoms with Gasteiger partial charge in [0.15, 0.2) is 0 Å². The fraction of sp³-hybridized carbons (Fsp3) is 0.333. The van der Waals surface area contributed by atoms with Gasteiger partial charge in [0.05, 0.1) is 11.1 Å². The minimum atomic E-state index is -0.334. The summed E-state index contributed by atoms with van der Waals surface area (Å²) in [6, 6.07) is 8.80. The van der Waals surface area contributed by atoms with E-state index in [0.29, 0.717) is 5.56 Å². The lowest BCUT2D eigenvalue weighted by Crippen LogP contribution is -2.41. The lowest BCUT2D eigenvalue weighted by molar-refractivity contribution is 0.0921. The normalized spacial score (nSPS) is 11.6. The molecule has 0 unspecified atom stereocenters. The van der Waals surface area contributed by atoms with Crippen LogP contribution in [0, 0.1) is 0 Å². The average Bonchev–Trinajstić information content (AvgIpc) is 2.31. The smallest absolute Gasteiger partial charge is 0.252 e. The van der Waals surface area contributed by atoms with Crippen LogP contribution < -0.4 is 10.9 Å². The third-order valence-corrected chi connectivity index (χ3v) is 2.89. The SMILES string of the molecule is Cn1c(=O)cc(C(=O)NC(C)(C)C)c2ccccc21. The van der Waals surface area contributed by atoms with Crippen molar-refractivity contribution in [2.75, 3.05) is 0 Å². The van der Waals surface area contributed by atoms with Crippen LogP contribution >= 0.6 is 0 Å². The molecule has 1 heterocycles. The molecule has 1 N–H and O–H groups in total. The Hall–Kier alpha value is -2.10. The van der Waals surface area contributed by atoms with Crippen LogP contribution in [0.2, 0.25) is 0 Å². The third kappa shape index (κ3) is 2.67. The Morgan fingerprint density at radius 3 is 2.47 bits per heavy atom. The maximum Gasteiger partial charge on any atom is 0.252 e. The van der Waals surface area contributed by atoms with E-state index in [9.17, 15) is 9.59 Å². The molecule has 2 aromatic rings. The summed E-state index contributed by atoms with van der Waals surface area (Å²) in [5.41, 5.74) is 0.666. The molecule has 0 radical (unpaired) electrons. The van der Waals surface area contributed by atoms with Crippen molar-refractivity contribution in [1.29, 1.82) is 0 Å². The monoisotopic (exact) mass is 258 g/mol. The number of amides is 1. The highest BCUT2D eigenvalue weighted by molar-refractivity contribution is 6.06. The number of carbonyl (C=O) groups is 1. The van der Waals surface area contributed by atoms with Gasteiger partial charge in [0.2, 0.25) is 0 Å². The van der Waals surface area contributed by atoms with Crippen LogP contribution in [0.1, 0.15) is 31.1 Å². The molecular weight excluding hydrogens is 240 g/mol. The van der Waals surface area contributed by atoms with Gasteiger partial charge in [0.25, 0.3) is 11.5 Å². The van der Waals surface area contributed by atoms with Crippen molar-refractivity contribution in [3.63, 3.8) is 0 Å². The summed E-state index contributed by atoms with van der Waals surface area (Å²) in [6.45, 7) is 5.73. The van der Waals surface area contributed by atoms with E-state index in [1.54, 1.807) is 11.6 Å². The van der Waals surface area contributed by atoms with Crippen molar-refractivity contribution < 1.29 is 4.79 Å². The van der Waals surface area contributed by atoms with E-state index in [2.05, 4.69) is 5.32 Å². The number of aryl methyl sites for hydroxylation is 1. The number of aromatic nitrogens is 1. The van der Waals surface area contributed by atoms with Crippen LogP contribution in [-0.2, 0) is 7.05 Å². The van der Waals surface area contributed by atoms with Crippen LogP contribution in [0.15, 0.2) is 35.1 Å². The highest BCUT2D eigenvalue weighted by Crippen LogP contribution is 2.16. The van der Waals surface area contributed by atoms with Gasteiger partial charge in [-0.15, -0.1) is 0 Å². The van der Waals surface area contributed by atoms with Crippen molar-refractivity contribution in [3.05, 3.63) is 46.2 Å². The van der Waals surface area contributed by atoms with E-state index in [-0.39, 0.29) is 17.0 Å². The summed E-state index contributed by atoms with van der Waals surface area (Å²) in [5.74, 6) is -0.221. The number of rotatable bonds is 1. The number of para-hydroxylation sites is 1. The fourth-order valence-corrected chi connectivity index (χ4v) is 2.01. The third-order valence-electron chi connectivity index (χ3n) is 2.89. The maximum absolute atomic E-state index is 12.3. The zero-order valence-electron chi connectivity index (χ0n) is 11.7. The minimum absolute atomic E-state index is 0.183. The van der Waals surface area contributed by atoms with E-state index in [0.717, 1.165) is 10.9 Å². The molecular formula is C15H18N2O2. The number of fused-ring (bicyclic) bond motifs is 1. The molecule has 0 fully saturated rings. The Balaban J connectivity index is 2.65. The van der Waals surface area contributed by atoms with Gasteiger partial charge in [-0.25, -0.2) is 0 Å². The molecule has 0 bridgehead atoms. The van der Waals surface area contributed by atoms with Gasteiger partial charge in [-0.05, 0) is 26.8 Å². The molecule has 1 aromatic heterocycles.